The number of hydrogen-bond acceptors (Lipinski definition) is 5. The molecule has 3 aliphatic heterocycles. The Morgan fingerprint density at radius 3 is 3.11 bits per heavy atom. The standard InChI is InChI=1S/C13H23N3O2S/c14-12(15-17)11-2-1-5-16(11)10-3-6-18-13(8-10)4-7-19-9-13/h10-11,17H,1-9H2,(H2,14,15). The lowest BCUT2D eigenvalue weighted by Gasteiger charge is -2.43. The van der Waals surface area contributed by atoms with Crippen molar-refractivity contribution in [1.29, 1.82) is 0 Å². The van der Waals surface area contributed by atoms with Crippen molar-refractivity contribution in [3.05, 3.63) is 0 Å². The van der Waals surface area contributed by atoms with Crippen LogP contribution in [0.5, 0.6) is 0 Å². The molecule has 19 heavy (non-hydrogen) atoms. The first-order chi connectivity index (χ1) is 9.24. The number of nitrogens with zero attached hydrogens (tertiary/aromatic N) is 2. The first kappa shape index (κ1) is 13.5. The third kappa shape index (κ3) is 2.58. The topological polar surface area (TPSA) is 71.1 Å². The Morgan fingerprint density at radius 1 is 1.47 bits per heavy atom. The van der Waals surface area contributed by atoms with Gasteiger partial charge in [-0.1, -0.05) is 5.16 Å². The molecule has 0 aliphatic carbocycles. The second kappa shape index (κ2) is 5.50. The van der Waals surface area contributed by atoms with Gasteiger partial charge < -0.3 is 15.7 Å². The molecule has 6 heteroatoms. The number of amidine groups is 1. The molecule has 3 rings (SSSR count). The van der Waals surface area contributed by atoms with Crippen LogP contribution in [0.25, 0.3) is 0 Å². The van der Waals surface area contributed by atoms with E-state index in [0.717, 1.165) is 44.6 Å². The molecule has 5 nitrogen and oxygen atoms in total. The third-order valence-electron chi connectivity index (χ3n) is 4.75. The summed E-state index contributed by atoms with van der Waals surface area (Å²) in [6, 6.07) is 0.652. The van der Waals surface area contributed by atoms with Gasteiger partial charge in [0.15, 0.2) is 5.84 Å². The molecule has 108 valence electrons. The smallest absolute Gasteiger partial charge is 0.156 e. The predicted octanol–water partition coefficient (Wildman–Crippen LogP) is 1.25. The van der Waals surface area contributed by atoms with Crippen LogP contribution in [0.1, 0.15) is 32.1 Å². The second-order valence-corrected chi connectivity index (χ2v) is 7.01. The van der Waals surface area contributed by atoms with Crippen LogP contribution in [0.3, 0.4) is 0 Å². The first-order valence-corrected chi connectivity index (χ1v) is 8.34. The minimum atomic E-state index is 0.103. The lowest BCUT2D eigenvalue weighted by Crippen LogP contribution is -2.52. The molecule has 0 amide bonds. The summed E-state index contributed by atoms with van der Waals surface area (Å²) in [7, 11) is 0. The molecule has 1 spiro atoms. The van der Waals surface area contributed by atoms with Gasteiger partial charge in [0.05, 0.1) is 11.6 Å². The van der Waals surface area contributed by atoms with Crippen LogP contribution in [0, 0.1) is 0 Å². The van der Waals surface area contributed by atoms with E-state index < -0.39 is 0 Å². The maximum Gasteiger partial charge on any atom is 0.156 e. The quantitative estimate of drug-likeness (QED) is 0.346. The minimum absolute atomic E-state index is 0.103. The average Bonchev–Trinajstić information content (AvgIpc) is 3.07. The Morgan fingerprint density at radius 2 is 2.37 bits per heavy atom. The van der Waals surface area contributed by atoms with E-state index in [1.165, 1.54) is 12.2 Å². The van der Waals surface area contributed by atoms with E-state index in [1.54, 1.807) is 0 Å². The van der Waals surface area contributed by atoms with E-state index in [4.69, 9.17) is 15.7 Å². The van der Waals surface area contributed by atoms with Gasteiger partial charge in [-0.15, -0.1) is 0 Å². The average molecular weight is 285 g/mol. The highest BCUT2D eigenvalue weighted by molar-refractivity contribution is 7.99. The highest BCUT2D eigenvalue weighted by Crippen LogP contribution is 2.40. The summed E-state index contributed by atoms with van der Waals surface area (Å²) in [5.41, 5.74) is 5.95. The number of ether oxygens (including phenoxy) is 1. The van der Waals surface area contributed by atoms with Crippen molar-refractivity contribution in [2.75, 3.05) is 24.7 Å². The molecule has 0 aromatic rings. The molecule has 0 saturated carbocycles. The van der Waals surface area contributed by atoms with Crippen LogP contribution in [0.15, 0.2) is 5.16 Å². The molecular formula is C13H23N3O2S. The first-order valence-electron chi connectivity index (χ1n) is 7.19. The van der Waals surface area contributed by atoms with Crippen LogP contribution >= 0.6 is 11.8 Å². The number of likely N-dealkylation sites (tertiary alicyclic amines) is 1. The SMILES string of the molecule is NC(=NO)C1CCCN1C1CCOC2(CCSC2)C1. The van der Waals surface area contributed by atoms with Crippen LogP contribution in [-0.4, -0.2) is 58.3 Å². The summed E-state index contributed by atoms with van der Waals surface area (Å²) in [5, 5.41) is 12.1. The molecule has 3 fully saturated rings. The molecule has 3 heterocycles. The molecule has 0 radical (unpaired) electrons. The Labute approximate surface area is 118 Å². The molecule has 3 aliphatic rings. The molecule has 0 aromatic heterocycles. The fourth-order valence-electron chi connectivity index (χ4n) is 3.76. The summed E-state index contributed by atoms with van der Waals surface area (Å²) >= 11 is 2.00. The van der Waals surface area contributed by atoms with Gasteiger partial charge in [-0.2, -0.15) is 11.8 Å². The van der Waals surface area contributed by atoms with E-state index in [-0.39, 0.29) is 11.6 Å². The van der Waals surface area contributed by atoms with Gasteiger partial charge in [0.1, 0.15) is 0 Å². The zero-order valence-electron chi connectivity index (χ0n) is 11.3. The van der Waals surface area contributed by atoms with E-state index >= 15 is 0 Å². The van der Waals surface area contributed by atoms with Gasteiger partial charge in [0.2, 0.25) is 0 Å². The van der Waals surface area contributed by atoms with Crippen LogP contribution in [0.2, 0.25) is 0 Å². The molecule has 3 saturated heterocycles. The molecule has 0 aromatic carbocycles. The lowest BCUT2D eigenvalue weighted by atomic mass is 9.88. The van der Waals surface area contributed by atoms with Crippen molar-refractivity contribution in [3.8, 4) is 0 Å². The van der Waals surface area contributed by atoms with Crippen molar-refractivity contribution in [2.24, 2.45) is 10.9 Å². The van der Waals surface area contributed by atoms with E-state index in [2.05, 4.69) is 10.1 Å². The highest BCUT2D eigenvalue weighted by atomic mass is 32.2. The molecule has 0 bridgehead atoms. The number of nitrogens with two attached hydrogens (primary N) is 1. The molecule has 3 unspecified atom stereocenters. The second-order valence-electron chi connectivity index (χ2n) is 5.90. The Bertz CT molecular complexity index is 358. The van der Waals surface area contributed by atoms with E-state index in [0.29, 0.717) is 11.9 Å². The van der Waals surface area contributed by atoms with Gasteiger partial charge in [0.25, 0.3) is 0 Å². The van der Waals surface area contributed by atoms with Crippen LogP contribution in [0.4, 0.5) is 0 Å². The molecule has 3 N–H and O–H groups in total. The van der Waals surface area contributed by atoms with Crippen molar-refractivity contribution < 1.29 is 9.94 Å². The number of hydrogen-bond donors (Lipinski definition) is 2. The van der Waals surface area contributed by atoms with Crippen molar-refractivity contribution in [3.63, 3.8) is 0 Å². The number of rotatable bonds is 2. The Balaban J connectivity index is 1.70. The number of thioether (sulfide) groups is 1. The summed E-state index contributed by atoms with van der Waals surface area (Å²) in [6.07, 6.45) is 5.50. The van der Waals surface area contributed by atoms with Gasteiger partial charge in [-0.25, -0.2) is 0 Å². The van der Waals surface area contributed by atoms with Gasteiger partial charge in [-0.3, -0.25) is 4.90 Å². The fourth-order valence-corrected chi connectivity index (χ4v) is 5.14. The highest BCUT2D eigenvalue weighted by Gasteiger charge is 2.44. The van der Waals surface area contributed by atoms with Crippen molar-refractivity contribution in [2.45, 2.75) is 49.8 Å². The summed E-state index contributed by atoms with van der Waals surface area (Å²) in [4.78, 5) is 2.45. The van der Waals surface area contributed by atoms with Crippen LogP contribution in [-0.2, 0) is 4.74 Å². The van der Waals surface area contributed by atoms with E-state index in [9.17, 15) is 0 Å². The van der Waals surface area contributed by atoms with Gasteiger partial charge >= 0.3 is 0 Å². The zero-order valence-corrected chi connectivity index (χ0v) is 12.1. The predicted molar refractivity (Wildman–Crippen MR) is 76.8 cm³/mol. The fraction of sp³-hybridized carbons (Fsp3) is 0.923. The maximum absolute atomic E-state index is 8.92. The Kier molecular flexibility index (Phi) is 3.91. The Hall–Kier alpha value is -0.460. The molecule has 3 atom stereocenters. The van der Waals surface area contributed by atoms with Crippen molar-refractivity contribution >= 4 is 17.6 Å². The maximum atomic E-state index is 8.92. The normalized spacial score (nSPS) is 41.2. The van der Waals surface area contributed by atoms with Crippen LogP contribution < -0.4 is 5.73 Å². The van der Waals surface area contributed by atoms with Gasteiger partial charge in [-0.05, 0) is 44.4 Å². The lowest BCUT2D eigenvalue weighted by molar-refractivity contribution is -0.0888. The van der Waals surface area contributed by atoms with E-state index in [1.807, 2.05) is 11.8 Å². The van der Waals surface area contributed by atoms with Gasteiger partial charge in [0, 0.05) is 18.4 Å². The summed E-state index contributed by atoms with van der Waals surface area (Å²) in [5.74, 6) is 2.72. The largest absolute Gasteiger partial charge is 0.409 e. The number of oxime groups is 1. The zero-order chi connectivity index (χ0) is 13.3. The summed E-state index contributed by atoms with van der Waals surface area (Å²) < 4.78 is 6.08. The monoisotopic (exact) mass is 285 g/mol. The summed E-state index contributed by atoms with van der Waals surface area (Å²) in [6.45, 7) is 1.92. The third-order valence-corrected chi connectivity index (χ3v) is 5.98. The molecular weight excluding hydrogens is 262 g/mol. The van der Waals surface area contributed by atoms with Crippen molar-refractivity contribution in [1.82, 2.24) is 4.90 Å². The minimum Gasteiger partial charge on any atom is -0.409 e.